The predicted molar refractivity (Wildman–Crippen MR) is 131 cm³/mol. The number of carbonyl (C=O) groups excluding carboxylic acids is 1. The van der Waals surface area contributed by atoms with Crippen LogP contribution in [0, 0.1) is 10.1 Å². The van der Waals surface area contributed by atoms with E-state index in [4.69, 9.17) is 4.98 Å². The number of nitrogens with zero attached hydrogens (tertiary/aromatic N) is 4. The van der Waals surface area contributed by atoms with Crippen molar-refractivity contribution in [2.24, 2.45) is 0 Å². The van der Waals surface area contributed by atoms with Gasteiger partial charge in [0.05, 0.1) is 15.1 Å². The molecule has 10 heteroatoms. The highest BCUT2D eigenvalue weighted by Gasteiger charge is 2.19. The summed E-state index contributed by atoms with van der Waals surface area (Å²) < 4.78 is 2.24. The third kappa shape index (κ3) is 5.70. The van der Waals surface area contributed by atoms with Crippen LogP contribution < -0.4 is 10.2 Å². The minimum Gasteiger partial charge on any atom is -0.351 e. The van der Waals surface area contributed by atoms with Crippen molar-refractivity contribution in [3.8, 4) is 0 Å². The summed E-state index contributed by atoms with van der Waals surface area (Å²) in [4.78, 5) is 31.8. The van der Waals surface area contributed by atoms with Crippen LogP contribution in [-0.2, 0) is 4.79 Å². The van der Waals surface area contributed by atoms with Crippen molar-refractivity contribution in [2.75, 3.05) is 44.2 Å². The molecule has 0 unspecified atom stereocenters. The zero-order valence-electron chi connectivity index (χ0n) is 17.2. The van der Waals surface area contributed by atoms with E-state index in [1.807, 2.05) is 12.1 Å². The Morgan fingerprint density at radius 2 is 2.03 bits per heavy atom. The van der Waals surface area contributed by atoms with Crippen LogP contribution in [0.3, 0.4) is 0 Å². The van der Waals surface area contributed by atoms with E-state index in [9.17, 15) is 14.9 Å². The second-order valence-electron chi connectivity index (χ2n) is 7.41. The second kappa shape index (κ2) is 10.2. The van der Waals surface area contributed by atoms with Crippen LogP contribution in [-0.4, -0.2) is 60.0 Å². The highest BCUT2D eigenvalue weighted by molar-refractivity contribution is 9.10. The Hall–Kier alpha value is -2.82. The van der Waals surface area contributed by atoms with E-state index in [0.717, 1.165) is 47.8 Å². The van der Waals surface area contributed by atoms with E-state index in [2.05, 4.69) is 37.1 Å². The van der Waals surface area contributed by atoms with Gasteiger partial charge in [0, 0.05) is 62.0 Å². The second-order valence-corrected chi connectivity index (χ2v) is 9.34. The van der Waals surface area contributed by atoms with Gasteiger partial charge in [-0.1, -0.05) is 39.4 Å². The molecule has 1 aromatic heterocycles. The number of aromatic nitrogens is 1. The number of nitrogens with one attached hydrogen (secondary N) is 1. The van der Waals surface area contributed by atoms with Crippen molar-refractivity contribution >= 4 is 60.3 Å². The molecule has 1 saturated heterocycles. The van der Waals surface area contributed by atoms with Crippen LogP contribution in [0.1, 0.15) is 5.56 Å². The quantitative estimate of drug-likeness (QED) is 0.291. The van der Waals surface area contributed by atoms with Crippen LogP contribution >= 0.6 is 27.3 Å². The van der Waals surface area contributed by atoms with Crippen molar-refractivity contribution in [1.82, 2.24) is 15.2 Å². The molecule has 0 radical (unpaired) electrons. The highest BCUT2D eigenvalue weighted by atomic mass is 79.9. The van der Waals surface area contributed by atoms with Crippen LogP contribution in [0.5, 0.6) is 0 Å². The van der Waals surface area contributed by atoms with E-state index in [1.165, 1.54) is 22.9 Å². The molecule has 1 aliphatic heterocycles. The number of halogens is 1. The number of hydrogen-bond acceptors (Lipinski definition) is 7. The normalized spacial score (nSPS) is 14.8. The third-order valence-corrected chi connectivity index (χ3v) is 6.79. The number of nitro benzene ring substituents is 1. The summed E-state index contributed by atoms with van der Waals surface area (Å²) in [5, 5.41) is 14.8. The molecule has 3 aromatic rings. The van der Waals surface area contributed by atoms with E-state index < -0.39 is 4.92 Å². The fraction of sp³-hybridized carbons (Fsp3) is 0.273. The zero-order valence-corrected chi connectivity index (χ0v) is 19.6. The standard InChI is InChI=1S/C22H22BrN5O3S/c23-17-5-6-19-20(15-17)32-22(25-19)27-12-10-26(11-13-27)9-8-24-21(29)7-4-16-2-1-3-18(14-16)28(30)31/h1-7,14-15H,8-13H2,(H,24,29)/b7-4+. The molecular formula is C22H22BrN5O3S. The van der Waals surface area contributed by atoms with Crippen LogP contribution in [0.15, 0.2) is 53.0 Å². The molecule has 0 saturated carbocycles. The Morgan fingerprint density at radius 1 is 1.22 bits per heavy atom. The molecule has 1 amide bonds. The maximum atomic E-state index is 12.1. The molecule has 8 nitrogen and oxygen atoms in total. The van der Waals surface area contributed by atoms with Gasteiger partial charge in [-0.25, -0.2) is 4.98 Å². The van der Waals surface area contributed by atoms with Gasteiger partial charge in [-0.05, 0) is 29.8 Å². The summed E-state index contributed by atoms with van der Waals surface area (Å²) in [7, 11) is 0. The first-order chi connectivity index (χ1) is 15.5. The Labute approximate surface area is 197 Å². The summed E-state index contributed by atoms with van der Waals surface area (Å²) in [6.45, 7) is 4.96. The largest absolute Gasteiger partial charge is 0.351 e. The van der Waals surface area contributed by atoms with Crippen molar-refractivity contribution < 1.29 is 9.72 Å². The smallest absolute Gasteiger partial charge is 0.270 e. The Bertz CT molecular complexity index is 1160. The van der Waals surface area contributed by atoms with Gasteiger partial charge >= 0.3 is 0 Å². The van der Waals surface area contributed by atoms with E-state index >= 15 is 0 Å². The number of non-ortho nitro benzene ring substituents is 1. The van der Waals surface area contributed by atoms with Gasteiger partial charge in [0.25, 0.3) is 5.69 Å². The molecule has 0 bridgehead atoms. The number of piperazine rings is 1. The number of carbonyl (C=O) groups is 1. The van der Waals surface area contributed by atoms with Gasteiger partial charge in [-0.3, -0.25) is 19.8 Å². The molecule has 166 valence electrons. The monoisotopic (exact) mass is 515 g/mol. The molecule has 2 heterocycles. The SMILES string of the molecule is O=C(/C=C/c1cccc([N+](=O)[O-])c1)NCCN1CCN(c2nc3ccc(Br)cc3s2)CC1. The lowest BCUT2D eigenvalue weighted by Crippen LogP contribution is -2.48. The number of thiazole rings is 1. The average molecular weight is 516 g/mol. The summed E-state index contributed by atoms with van der Waals surface area (Å²) in [5.41, 5.74) is 1.65. The van der Waals surface area contributed by atoms with E-state index in [1.54, 1.807) is 29.5 Å². The number of fused-ring (bicyclic) bond motifs is 1. The minimum absolute atomic E-state index is 0.00502. The number of nitro groups is 1. The molecule has 0 spiro atoms. The number of hydrogen-bond donors (Lipinski definition) is 1. The fourth-order valence-electron chi connectivity index (χ4n) is 3.49. The lowest BCUT2D eigenvalue weighted by atomic mass is 10.2. The maximum Gasteiger partial charge on any atom is 0.270 e. The Balaban J connectivity index is 1.20. The van der Waals surface area contributed by atoms with E-state index in [0.29, 0.717) is 12.1 Å². The third-order valence-electron chi connectivity index (χ3n) is 5.22. The minimum atomic E-state index is -0.451. The van der Waals surface area contributed by atoms with Gasteiger partial charge in [-0.15, -0.1) is 0 Å². The molecule has 0 atom stereocenters. The molecule has 1 aliphatic rings. The average Bonchev–Trinajstić information content (AvgIpc) is 3.21. The molecule has 4 rings (SSSR count). The number of benzene rings is 2. The van der Waals surface area contributed by atoms with Gasteiger partial charge in [0.2, 0.25) is 5.91 Å². The van der Waals surface area contributed by atoms with Crippen molar-refractivity contribution in [3.05, 3.63) is 68.7 Å². The first-order valence-electron chi connectivity index (χ1n) is 10.2. The van der Waals surface area contributed by atoms with Gasteiger partial charge in [0.15, 0.2) is 5.13 Å². The van der Waals surface area contributed by atoms with Crippen LogP contribution in [0.25, 0.3) is 16.3 Å². The van der Waals surface area contributed by atoms with Crippen molar-refractivity contribution in [1.29, 1.82) is 0 Å². The topological polar surface area (TPSA) is 91.6 Å². The maximum absolute atomic E-state index is 12.1. The zero-order chi connectivity index (χ0) is 22.5. The van der Waals surface area contributed by atoms with Crippen molar-refractivity contribution in [2.45, 2.75) is 0 Å². The summed E-state index contributed by atoms with van der Waals surface area (Å²) in [6.07, 6.45) is 2.99. The van der Waals surface area contributed by atoms with Crippen LogP contribution in [0.4, 0.5) is 10.8 Å². The lowest BCUT2D eigenvalue weighted by molar-refractivity contribution is -0.384. The number of anilines is 1. The van der Waals surface area contributed by atoms with Gasteiger partial charge in [-0.2, -0.15) is 0 Å². The molecule has 0 aliphatic carbocycles. The van der Waals surface area contributed by atoms with Crippen molar-refractivity contribution in [3.63, 3.8) is 0 Å². The van der Waals surface area contributed by atoms with Gasteiger partial charge < -0.3 is 10.2 Å². The first kappa shape index (κ1) is 22.4. The Morgan fingerprint density at radius 3 is 2.81 bits per heavy atom. The molecule has 2 aromatic carbocycles. The summed E-state index contributed by atoms with van der Waals surface area (Å²) in [5.74, 6) is -0.212. The van der Waals surface area contributed by atoms with Crippen LogP contribution in [0.2, 0.25) is 0 Å². The molecule has 1 fully saturated rings. The predicted octanol–water partition coefficient (Wildman–Crippen LogP) is 3.92. The highest BCUT2D eigenvalue weighted by Crippen LogP contribution is 2.31. The van der Waals surface area contributed by atoms with Gasteiger partial charge in [0.1, 0.15) is 0 Å². The summed E-state index contributed by atoms with van der Waals surface area (Å²) in [6, 6.07) is 12.3. The Kier molecular flexibility index (Phi) is 7.13. The molecule has 32 heavy (non-hydrogen) atoms. The first-order valence-corrected chi connectivity index (χ1v) is 11.8. The van der Waals surface area contributed by atoms with E-state index in [-0.39, 0.29) is 11.6 Å². The fourth-order valence-corrected chi connectivity index (χ4v) is 5.06. The lowest BCUT2D eigenvalue weighted by Gasteiger charge is -2.34. The number of amides is 1. The number of rotatable bonds is 7. The molecular weight excluding hydrogens is 494 g/mol. The summed E-state index contributed by atoms with van der Waals surface area (Å²) >= 11 is 5.22. The molecule has 1 N–H and O–H groups in total.